The minimum atomic E-state index is -0.278. The number of hydrogen-bond donors (Lipinski definition) is 1. The number of carbonyl (C=O) groups is 1. The molecule has 0 radical (unpaired) electrons. The van der Waals surface area contributed by atoms with Crippen LogP contribution in [0.1, 0.15) is 22.6 Å². The van der Waals surface area contributed by atoms with Gasteiger partial charge in [-0.1, -0.05) is 60.7 Å². The summed E-state index contributed by atoms with van der Waals surface area (Å²) in [4.78, 5) is 25.1. The minimum absolute atomic E-state index is 0.0676. The number of fused-ring (bicyclic) bond motifs is 2. The molecule has 1 aromatic heterocycles. The van der Waals surface area contributed by atoms with Gasteiger partial charge in [0.15, 0.2) is 17.3 Å². The van der Waals surface area contributed by atoms with E-state index in [0.29, 0.717) is 47.8 Å². The van der Waals surface area contributed by atoms with Crippen molar-refractivity contribution in [2.75, 3.05) is 32.6 Å². The molecule has 8 heteroatoms. The third kappa shape index (κ3) is 5.49. The molecule has 1 unspecified atom stereocenters. The van der Waals surface area contributed by atoms with Gasteiger partial charge in [-0.05, 0) is 59.5 Å². The average Bonchev–Trinajstić information content (AvgIpc) is 3.21. The number of carbonyl (C=O) groups excluding carboxylic acids is 1. The molecule has 0 saturated carbocycles. The van der Waals surface area contributed by atoms with Crippen LogP contribution in [0.3, 0.4) is 0 Å². The Balaban J connectivity index is 1.34. The first-order valence-electron chi connectivity index (χ1n) is 13.5. The first-order valence-corrected chi connectivity index (χ1v) is 13.5. The second-order valence-corrected chi connectivity index (χ2v) is 9.78. The Labute approximate surface area is 238 Å². The van der Waals surface area contributed by atoms with Crippen LogP contribution >= 0.6 is 0 Å². The minimum Gasteiger partial charge on any atom is -0.493 e. The van der Waals surface area contributed by atoms with Crippen LogP contribution in [0.25, 0.3) is 11.0 Å². The number of methoxy groups -OCH3 is 2. The molecule has 1 N–H and O–H groups in total. The number of urea groups is 1. The second kappa shape index (κ2) is 11.6. The van der Waals surface area contributed by atoms with Gasteiger partial charge >= 0.3 is 6.03 Å². The molecule has 0 bridgehead atoms. The Morgan fingerprint density at radius 2 is 1.46 bits per heavy atom. The predicted octanol–water partition coefficient (Wildman–Crippen LogP) is 6.66. The second-order valence-electron chi connectivity index (χ2n) is 9.78. The molecule has 4 aromatic carbocycles. The molecule has 0 aliphatic carbocycles. The fraction of sp³-hybridized carbons (Fsp3) is 0.182. The van der Waals surface area contributed by atoms with Crippen molar-refractivity contribution in [3.8, 4) is 23.1 Å². The summed E-state index contributed by atoms with van der Waals surface area (Å²) in [6, 6.07) is 30.8. The van der Waals surface area contributed by atoms with Crippen molar-refractivity contribution in [3.63, 3.8) is 0 Å². The summed E-state index contributed by atoms with van der Waals surface area (Å²) in [7, 11) is 3.27. The number of hydrogen-bond acceptors (Lipinski definition) is 6. The van der Waals surface area contributed by atoms with Gasteiger partial charge in [0, 0.05) is 19.0 Å². The molecular formula is C33H30N4O4. The number of nitrogens with zero attached hydrogens (tertiary/aromatic N) is 3. The number of rotatable bonds is 6. The lowest BCUT2D eigenvalue weighted by Crippen LogP contribution is -2.38. The first kappa shape index (κ1) is 26.1. The molecule has 2 amide bonds. The van der Waals surface area contributed by atoms with Gasteiger partial charge < -0.3 is 19.1 Å². The maximum atomic E-state index is 13.9. The van der Waals surface area contributed by atoms with Crippen molar-refractivity contribution in [2.24, 2.45) is 0 Å². The largest absolute Gasteiger partial charge is 0.493 e. The van der Waals surface area contributed by atoms with Crippen LogP contribution in [0.5, 0.6) is 23.1 Å². The van der Waals surface area contributed by atoms with Gasteiger partial charge in [-0.15, -0.1) is 0 Å². The van der Waals surface area contributed by atoms with E-state index in [1.54, 1.807) is 14.2 Å². The van der Waals surface area contributed by atoms with Crippen LogP contribution in [0, 0.1) is 0 Å². The van der Waals surface area contributed by atoms with Crippen LogP contribution < -0.4 is 19.5 Å². The molecule has 41 heavy (non-hydrogen) atoms. The molecule has 206 valence electrons. The summed E-state index contributed by atoms with van der Waals surface area (Å²) >= 11 is 0. The fourth-order valence-corrected chi connectivity index (χ4v) is 5.21. The summed E-state index contributed by atoms with van der Waals surface area (Å²) in [5.41, 5.74) is 4.67. The van der Waals surface area contributed by atoms with Crippen molar-refractivity contribution in [1.82, 2.24) is 14.9 Å². The van der Waals surface area contributed by atoms with E-state index in [-0.39, 0.29) is 23.6 Å². The Bertz CT molecular complexity index is 1680. The average molecular weight is 547 g/mol. The highest BCUT2D eigenvalue weighted by Crippen LogP contribution is 2.39. The summed E-state index contributed by atoms with van der Waals surface area (Å²) in [5.74, 6) is 2.37. The Hall–Kier alpha value is -5.11. The van der Waals surface area contributed by atoms with E-state index < -0.39 is 0 Å². The Kier molecular flexibility index (Phi) is 7.36. The van der Waals surface area contributed by atoms with Gasteiger partial charge in [0.2, 0.25) is 0 Å². The highest BCUT2D eigenvalue weighted by Gasteiger charge is 2.29. The van der Waals surface area contributed by atoms with Crippen molar-refractivity contribution in [1.29, 1.82) is 0 Å². The van der Waals surface area contributed by atoms with E-state index in [4.69, 9.17) is 19.2 Å². The topological polar surface area (TPSA) is 85.8 Å². The van der Waals surface area contributed by atoms with Crippen LogP contribution in [0.2, 0.25) is 0 Å². The summed E-state index contributed by atoms with van der Waals surface area (Å²) in [6.45, 7) is 0.974. The number of benzene rings is 4. The number of aromatic nitrogens is 2. The van der Waals surface area contributed by atoms with Gasteiger partial charge in [-0.25, -0.2) is 14.8 Å². The SMILES string of the molecule is COc1cc2c(cc1OC)C(c1ccccc1)CN(C(=O)Nc1nc3ccccc3nc1Oc1ccccc1)CC2. The third-order valence-electron chi connectivity index (χ3n) is 7.29. The molecule has 2 heterocycles. The van der Waals surface area contributed by atoms with Crippen LogP contribution in [0.15, 0.2) is 97.1 Å². The molecule has 1 aliphatic rings. The predicted molar refractivity (Wildman–Crippen MR) is 158 cm³/mol. The molecular weight excluding hydrogens is 516 g/mol. The van der Waals surface area contributed by atoms with Crippen molar-refractivity contribution in [3.05, 3.63) is 114 Å². The van der Waals surface area contributed by atoms with Gasteiger partial charge in [-0.2, -0.15) is 0 Å². The van der Waals surface area contributed by atoms with E-state index in [1.165, 1.54) is 0 Å². The molecule has 5 aromatic rings. The number of para-hydroxylation sites is 3. The fourth-order valence-electron chi connectivity index (χ4n) is 5.21. The number of anilines is 1. The van der Waals surface area contributed by atoms with Gasteiger partial charge in [-0.3, -0.25) is 5.32 Å². The molecule has 0 spiro atoms. The number of nitrogens with one attached hydrogen (secondary N) is 1. The standard InChI is InChI=1S/C33H30N4O4/c1-39-29-19-23-17-18-37(21-26(22-11-5-3-6-12-22)25(23)20-30(29)40-2)33(38)36-31-32(41-24-13-7-4-8-14-24)35-28-16-10-9-15-27(28)34-31/h3-16,19-20,26H,17-18,21H2,1-2H3,(H,34,36,38). The third-order valence-corrected chi connectivity index (χ3v) is 7.29. The number of ether oxygens (including phenoxy) is 3. The zero-order valence-electron chi connectivity index (χ0n) is 22.9. The van der Waals surface area contributed by atoms with Gasteiger partial charge in [0.1, 0.15) is 5.75 Å². The number of amides is 2. The van der Waals surface area contributed by atoms with E-state index >= 15 is 0 Å². The molecule has 1 aliphatic heterocycles. The molecule has 0 fully saturated rings. The van der Waals surface area contributed by atoms with Crippen LogP contribution in [-0.2, 0) is 6.42 Å². The lowest BCUT2D eigenvalue weighted by molar-refractivity contribution is 0.212. The van der Waals surface area contributed by atoms with Crippen molar-refractivity contribution >= 4 is 22.9 Å². The van der Waals surface area contributed by atoms with E-state index in [9.17, 15) is 4.79 Å². The maximum absolute atomic E-state index is 13.9. The lowest BCUT2D eigenvalue weighted by atomic mass is 9.87. The Morgan fingerprint density at radius 3 is 2.17 bits per heavy atom. The summed E-state index contributed by atoms with van der Waals surface area (Å²) in [5, 5.41) is 3.00. The monoisotopic (exact) mass is 546 g/mol. The normalized spacial score (nSPS) is 14.6. The molecule has 0 saturated heterocycles. The highest BCUT2D eigenvalue weighted by molar-refractivity contribution is 5.91. The molecule has 6 rings (SSSR count). The van der Waals surface area contributed by atoms with Crippen LogP contribution in [-0.4, -0.2) is 48.2 Å². The van der Waals surface area contributed by atoms with Crippen molar-refractivity contribution in [2.45, 2.75) is 12.3 Å². The quantitative estimate of drug-likeness (QED) is 0.256. The zero-order valence-corrected chi connectivity index (χ0v) is 22.9. The van der Waals surface area contributed by atoms with Crippen LogP contribution in [0.4, 0.5) is 10.6 Å². The van der Waals surface area contributed by atoms with Crippen molar-refractivity contribution < 1.29 is 19.0 Å². The first-order chi connectivity index (χ1) is 20.1. The highest BCUT2D eigenvalue weighted by atomic mass is 16.5. The maximum Gasteiger partial charge on any atom is 0.323 e. The molecule has 1 atom stereocenters. The summed E-state index contributed by atoms with van der Waals surface area (Å²) < 4.78 is 17.3. The summed E-state index contributed by atoms with van der Waals surface area (Å²) in [6.07, 6.45) is 0.656. The Morgan fingerprint density at radius 1 is 0.829 bits per heavy atom. The zero-order chi connectivity index (χ0) is 28.2. The lowest BCUT2D eigenvalue weighted by Gasteiger charge is -2.26. The van der Waals surface area contributed by atoms with Gasteiger partial charge in [0.25, 0.3) is 5.88 Å². The van der Waals surface area contributed by atoms with Gasteiger partial charge in [0.05, 0.1) is 25.3 Å². The smallest absolute Gasteiger partial charge is 0.323 e. The van der Waals surface area contributed by atoms with E-state index in [1.807, 2.05) is 89.8 Å². The van der Waals surface area contributed by atoms with E-state index in [0.717, 1.165) is 16.7 Å². The molecule has 8 nitrogen and oxygen atoms in total. The van der Waals surface area contributed by atoms with E-state index in [2.05, 4.69) is 22.4 Å².